The van der Waals surface area contributed by atoms with Crippen molar-refractivity contribution in [2.45, 2.75) is 31.9 Å². The van der Waals surface area contributed by atoms with Crippen molar-refractivity contribution >= 4 is 22.5 Å². The average molecular weight is 414 g/mol. The van der Waals surface area contributed by atoms with Crippen LogP contribution in [0.25, 0.3) is 10.9 Å². The Morgan fingerprint density at radius 1 is 1.17 bits per heavy atom. The largest absolute Gasteiger partial charge is 0.493 e. The van der Waals surface area contributed by atoms with Crippen LogP contribution in [0.2, 0.25) is 0 Å². The number of ether oxygens (including phenoxy) is 1. The van der Waals surface area contributed by atoms with Crippen LogP contribution in [0, 0.1) is 11.3 Å². The van der Waals surface area contributed by atoms with Gasteiger partial charge in [-0.1, -0.05) is 12.1 Å². The van der Waals surface area contributed by atoms with Gasteiger partial charge >= 0.3 is 6.18 Å². The molecule has 5 rings (SSSR count). The third kappa shape index (κ3) is 3.64. The van der Waals surface area contributed by atoms with Gasteiger partial charge < -0.3 is 15.0 Å². The molecule has 0 bridgehead atoms. The third-order valence-corrected chi connectivity index (χ3v) is 6.25. The topological polar surface area (TPSA) is 54.1 Å². The van der Waals surface area contributed by atoms with Gasteiger partial charge in [0.1, 0.15) is 5.75 Å². The molecule has 2 aromatic carbocycles. The molecule has 1 atom stereocenters. The van der Waals surface area contributed by atoms with Crippen LogP contribution in [0.15, 0.2) is 48.7 Å². The molecule has 7 heteroatoms. The summed E-state index contributed by atoms with van der Waals surface area (Å²) in [7, 11) is 0. The van der Waals surface area contributed by atoms with Crippen molar-refractivity contribution in [1.29, 1.82) is 0 Å². The summed E-state index contributed by atoms with van der Waals surface area (Å²) in [5.41, 5.74) is 2.07. The van der Waals surface area contributed by atoms with Gasteiger partial charge in [-0.05, 0) is 60.6 Å². The van der Waals surface area contributed by atoms with Gasteiger partial charge in [0.25, 0.3) is 0 Å². The number of aromatic amines is 1. The van der Waals surface area contributed by atoms with E-state index in [0.717, 1.165) is 53.5 Å². The first kappa shape index (κ1) is 19.0. The standard InChI is InChI=1S/C23H21F3N2O2/c24-23(25,26)15-3-1-14(2-4-15)7-10-30-16-5-6-19-17(11-16)20(13-27-19)28-21(29)18-12-22(18)8-9-22/h1-6,11,13,18,27H,7-10,12H2,(H,28,29). The van der Waals surface area contributed by atoms with Crippen LogP contribution in [0.5, 0.6) is 5.75 Å². The fourth-order valence-corrected chi connectivity index (χ4v) is 4.09. The predicted molar refractivity (Wildman–Crippen MR) is 107 cm³/mol. The summed E-state index contributed by atoms with van der Waals surface area (Å²) >= 11 is 0. The number of benzene rings is 2. The molecule has 2 N–H and O–H groups in total. The van der Waals surface area contributed by atoms with E-state index >= 15 is 0 Å². The van der Waals surface area contributed by atoms with E-state index in [4.69, 9.17) is 4.74 Å². The van der Waals surface area contributed by atoms with Gasteiger partial charge in [0, 0.05) is 29.4 Å². The second-order valence-corrected chi connectivity index (χ2v) is 8.31. The van der Waals surface area contributed by atoms with Crippen molar-refractivity contribution in [2.75, 3.05) is 11.9 Å². The van der Waals surface area contributed by atoms with E-state index in [1.165, 1.54) is 12.1 Å². The summed E-state index contributed by atoms with van der Waals surface area (Å²) in [6.45, 7) is 0.341. The smallest absolute Gasteiger partial charge is 0.416 e. The second kappa shape index (κ2) is 6.79. The Hall–Kier alpha value is -2.96. The summed E-state index contributed by atoms with van der Waals surface area (Å²) in [5, 5.41) is 3.91. The van der Waals surface area contributed by atoms with Crippen LogP contribution in [0.1, 0.15) is 30.4 Å². The molecule has 156 valence electrons. The molecule has 2 aliphatic rings. The molecule has 2 aliphatic carbocycles. The van der Waals surface area contributed by atoms with E-state index in [1.807, 2.05) is 18.2 Å². The van der Waals surface area contributed by atoms with Crippen molar-refractivity contribution in [3.63, 3.8) is 0 Å². The molecule has 2 fully saturated rings. The van der Waals surface area contributed by atoms with E-state index in [-0.39, 0.29) is 11.8 Å². The number of halogens is 3. The van der Waals surface area contributed by atoms with Gasteiger partial charge in [-0.25, -0.2) is 0 Å². The Morgan fingerprint density at radius 2 is 1.93 bits per heavy atom. The number of alkyl halides is 3. The number of anilines is 1. The summed E-state index contributed by atoms with van der Waals surface area (Å²) in [5.74, 6) is 0.877. The number of carbonyl (C=O) groups is 1. The lowest BCUT2D eigenvalue weighted by Gasteiger charge is -2.09. The quantitative estimate of drug-likeness (QED) is 0.556. The Morgan fingerprint density at radius 3 is 2.60 bits per heavy atom. The third-order valence-electron chi connectivity index (χ3n) is 6.25. The van der Waals surface area contributed by atoms with E-state index in [2.05, 4.69) is 10.3 Å². The lowest BCUT2D eigenvalue weighted by atomic mass is 10.1. The predicted octanol–water partition coefficient (Wildman–Crippen LogP) is 5.55. The van der Waals surface area contributed by atoms with Crippen LogP contribution in [0.4, 0.5) is 18.9 Å². The first-order valence-corrected chi connectivity index (χ1v) is 10.1. The zero-order chi connectivity index (χ0) is 20.9. The Labute approximate surface area is 171 Å². The second-order valence-electron chi connectivity index (χ2n) is 8.31. The van der Waals surface area contributed by atoms with Crippen molar-refractivity contribution in [2.24, 2.45) is 11.3 Å². The molecule has 1 aromatic heterocycles. The van der Waals surface area contributed by atoms with Gasteiger partial charge in [0.15, 0.2) is 0 Å². The van der Waals surface area contributed by atoms with E-state index in [0.29, 0.717) is 24.2 Å². The van der Waals surface area contributed by atoms with Crippen LogP contribution in [0.3, 0.4) is 0 Å². The number of hydrogen-bond acceptors (Lipinski definition) is 2. The zero-order valence-electron chi connectivity index (χ0n) is 16.2. The molecule has 1 unspecified atom stereocenters. The maximum atomic E-state index is 12.6. The number of aromatic nitrogens is 1. The van der Waals surface area contributed by atoms with E-state index in [1.54, 1.807) is 6.20 Å². The number of fused-ring (bicyclic) bond motifs is 1. The molecule has 1 spiro atoms. The Bertz CT molecular complexity index is 1100. The highest BCUT2D eigenvalue weighted by Crippen LogP contribution is 2.70. The minimum absolute atomic E-state index is 0.0852. The molecule has 1 amide bonds. The van der Waals surface area contributed by atoms with Gasteiger partial charge in [-0.15, -0.1) is 0 Å². The monoisotopic (exact) mass is 414 g/mol. The number of nitrogens with one attached hydrogen (secondary N) is 2. The summed E-state index contributed by atoms with van der Waals surface area (Å²) in [6.07, 6.45) is 1.28. The fraction of sp³-hybridized carbons (Fsp3) is 0.348. The lowest BCUT2D eigenvalue weighted by molar-refractivity contribution is -0.137. The summed E-state index contributed by atoms with van der Waals surface area (Å²) in [6, 6.07) is 10.7. The van der Waals surface area contributed by atoms with Crippen molar-refractivity contribution in [3.05, 3.63) is 59.8 Å². The van der Waals surface area contributed by atoms with Crippen LogP contribution in [-0.2, 0) is 17.4 Å². The number of H-pyrrole nitrogens is 1. The highest BCUT2D eigenvalue weighted by atomic mass is 19.4. The summed E-state index contributed by atoms with van der Waals surface area (Å²) in [4.78, 5) is 15.6. The fourth-order valence-electron chi connectivity index (χ4n) is 4.09. The van der Waals surface area contributed by atoms with Crippen molar-refractivity contribution in [1.82, 2.24) is 4.98 Å². The molecule has 1 heterocycles. The number of rotatable bonds is 6. The van der Waals surface area contributed by atoms with E-state index < -0.39 is 11.7 Å². The Balaban J connectivity index is 1.21. The highest BCUT2D eigenvalue weighted by Gasteiger charge is 2.65. The number of hydrogen-bond donors (Lipinski definition) is 2. The lowest BCUT2D eigenvalue weighted by Crippen LogP contribution is -2.14. The van der Waals surface area contributed by atoms with Crippen LogP contribution >= 0.6 is 0 Å². The first-order chi connectivity index (χ1) is 14.3. The van der Waals surface area contributed by atoms with E-state index in [9.17, 15) is 18.0 Å². The maximum absolute atomic E-state index is 12.6. The molecule has 2 saturated carbocycles. The molecule has 0 saturated heterocycles. The Kier molecular flexibility index (Phi) is 4.31. The van der Waals surface area contributed by atoms with Crippen LogP contribution < -0.4 is 10.1 Å². The number of carbonyl (C=O) groups excluding carboxylic acids is 1. The average Bonchev–Trinajstić information content (AvgIpc) is 3.62. The molecule has 3 aromatic rings. The molecule has 4 nitrogen and oxygen atoms in total. The molecule has 30 heavy (non-hydrogen) atoms. The van der Waals surface area contributed by atoms with Gasteiger partial charge in [0.2, 0.25) is 5.91 Å². The molecule has 0 aliphatic heterocycles. The van der Waals surface area contributed by atoms with Gasteiger partial charge in [-0.3, -0.25) is 4.79 Å². The minimum Gasteiger partial charge on any atom is -0.493 e. The maximum Gasteiger partial charge on any atom is 0.416 e. The number of amides is 1. The zero-order valence-corrected chi connectivity index (χ0v) is 16.2. The minimum atomic E-state index is -4.33. The first-order valence-electron chi connectivity index (χ1n) is 10.1. The molecular weight excluding hydrogens is 393 g/mol. The SMILES string of the molecule is O=C(Nc1c[nH]c2ccc(OCCc3ccc(C(F)(F)F)cc3)cc12)C1CC12CC2. The van der Waals surface area contributed by atoms with Gasteiger partial charge in [-0.2, -0.15) is 13.2 Å². The normalized spacial score (nSPS) is 19.1. The van der Waals surface area contributed by atoms with Gasteiger partial charge in [0.05, 0.1) is 17.9 Å². The molecule has 0 radical (unpaired) electrons. The highest BCUT2D eigenvalue weighted by molar-refractivity contribution is 6.04. The molecular formula is C23H21F3N2O2. The summed E-state index contributed by atoms with van der Waals surface area (Å²) < 4.78 is 43.7. The van der Waals surface area contributed by atoms with Crippen molar-refractivity contribution in [3.8, 4) is 5.75 Å². The van der Waals surface area contributed by atoms with Crippen molar-refractivity contribution < 1.29 is 22.7 Å². The van der Waals surface area contributed by atoms with Crippen LogP contribution in [-0.4, -0.2) is 17.5 Å².